The molecule has 2 heterocycles. The van der Waals surface area contributed by atoms with Crippen LogP contribution in [0.5, 0.6) is 0 Å². The van der Waals surface area contributed by atoms with Crippen LogP contribution in [0.15, 0.2) is 11.5 Å². The molecule has 0 saturated heterocycles. The van der Waals surface area contributed by atoms with Crippen molar-refractivity contribution < 1.29 is 9.53 Å². The molecule has 0 aliphatic carbocycles. The van der Waals surface area contributed by atoms with E-state index in [1.807, 2.05) is 27.9 Å². The van der Waals surface area contributed by atoms with Crippen molar-refractivity contribution in [1.82, 2.24) is 29.7 Å². The molecule has 2 rings (SSSR count). The minimum atomic E-state index is -0.303. The van der Waals surface area contributed by atoms with Gasteiger partial charge in [-0.3, -0.25) is 4.79 Å². The first-order valence-corrected chi connectivity index (χ1v) is 8.78. The van der Waals surface area contributed by atoms with E-state index >= 15 is 0 Å². The molecule has 0 fully saturated rings. The van der Waals surface area contributed by atoms with Crippen molar-refractivity contribution >= 4 is 29.6 Å². The highest BCUT2D eigenvalue weighted by Gasteiger charge is 2.13. The summed E-state index contributed by atoms with van der Waals surface area (Å²) in [6.07, 6.45) is 1.50. The molecule has 2 aromatic rings. The number of esters is 1. The third-order valence-corrected chi connectivity index (χ3v) is 3.56. The zero-order chi connectivity index (χ0) is 18.4. The maximum absolute atomic E-state index is 11.4. The van der Waals surface area contributed by atoms with Gasteiger partial charge >= 0.3 is 5.97 Å². The first-order valence-electron chi connectivity index (χ1n) is 7.79. The summed E-state index contributed by atoms with van der Waals surface area (Å²) in [6, 6.07) is 0.178. The van der Waals surface area contributed by atoms with Crippen LogP contribution in [0.2, 0.25) is 0 Å². The molecule has 0 atom stereocenters. The van der Waals surface area contributed by atoms with Crippen LogP contribution in [0.4, 0.5) is 11.9 Å². The van der Waals surface area contributed by atoms with E-state index in [0.717, 1.165) is 0 Å². The van der Waals surface area contributed by atoms with Crippen LogP contribution < -0.4 is 10.2 Å². The fraction of sp³-hybridized carbons (Fsp3) is 0.571. The van der Waals surface area contributed by atoms with Crippen LogP contribution >= 0.6 is 11.8 Å². The number of aromatic nitrogens is 6. The molecule has 0 bridgehead atoms. The molecule has 0 aliphatic rings. The van der Waals surface area contributed by atoms with Gasteiger partial charge in [-0.15, -0.1) is 5.10 Å². The second-order valence-electron chi connectivity index (χ2n) is 5.52. The molecule has 0 saturated carbocycles. The molecule has 10 nitrogen and oxygen atoms in total. The molecule has 1 N–H and O–H groups in total. The molecular formula is C14H22N8O2S. The van der Waals surface area contributed by atoms with E-state index in [-0.39, 0.29) is 17.8 Å². The van der Waals surface area contributed by atoms with Gasteiger partial charge in [-0.2, -0.15) is 19.6 Å². The van der Waals surface area contributed by atoms with Gasteiger partial charge < -0.3 is 15.0 Å². The molecule has 0 spiro atoms. The fourth-order valence-corrected chi connectivity index (χ4v) is 2.31. The van der Waals surface area contributed by atoms with E-state index < -0.39 is 0 Å². The number of anilines is 2. The molecule has 0 aromatic carbocycles. The van der Waals surface area contributed by atoms with E-state index in [0.29, 0.717) is 29.6 Å². The number of thioether (sulfide) groups is 1. The topological polar surface area (TPSA) is 111 Å². The van der Waals surface area contributed by atoms with Crippen LogP contribution in [0.1, 0.15) is 20.8 Å². The lowest BCUT2D eigenvalue weighted by Gasteiger charge is -2.14. The summed E-state index contributed by atoms with van der Waals surface area (Å²) in [4.78, 5) is 30.4. The van der Waals surface area contributed by atoms with Gasteiger partial charge in [-0.1, -0.05) is 11.8 Å². The van der Waals surface area contributed by atoms with E-state index in [4.69, 9.17) is 4.74 Å². The number of carbonyl (C=O) groups excluding carboxylic acids is 1. The van der Waals surface area contributed by atoms with Gasteiger partial charge in [0.1, 0.15) is 6.33 Å². The van der Waals surface area contributed by atoms with E-state index in [2.05, 4.69) is 30.4 Å². The Kier molecular flexibility index (Phi) is 6.51. The van der Waals surface area contributed by atoms with Crippen molar-refractivity contribution in [2.45, 2.75) is 32.0 Å². The SMILES string of the molecule is CCOC(=O)CSc1ncn(-c2nc(NC(C)C)nc(N(C)C)n2)n1. The van der Waals surface area contributed by atoms with Gasteiger partial charge in [0, 0.05) is 20.1 Å². The Morgan fingerprint density at radius 3 is 2.76 bits per heavy atom. The Hall–Kier alpha value is -2.43. The van der Waals surface area contributed by atoms with Crippen molar-refractivity contribution in [2.24, 2.45) is 0 Å². The average Bonchev–Trinajstić information content (AvgIpc) is 3.01. The molecular weight excluding hydrogens is 344 g/mol. The normalized spacial score (nSPS) is 10.8. The zero-order valence-corrected chi connectivity index (χ0v) is 15.7. The minimum Gasteiger partial charge on any atom is -0.465 e. The van der Waals surface area contributed by atoms with E-state index in [9.17, 15) is 4.79 Å². The van der Waals surface area contributed by atoms with Crippen LogP contribution in [0.25, 0.3) is 5.95 Å². The van der Waals surface area contributed by atoms with Crippen LogP contribution in [-0.4, -0.2) is 68.2 Å². The summed E-state index contributed by atoms with van der Waals surface area (Å²) in [5, 5.41) is 7.89. The molecule has 0 unspecified atom stereocenters. The number of hydrogen-bond donors (Lipinski definition) is 1. The van der Waals surface area contributed by atoms with Crippen LogP contribution in [-0.2, 0) is 9.53 Å². The molecule has 2 aromatic heterocycles. The summed E-state index contributed by atoms with van der Waals surface area (Å²) in [5.74, 6) is 1.15. The summed E-state index contributed by atoms with van der Waals surface area (Å²) < 4.78 is 6.33. The van der Waals surface area contributed by atoms with Gasteiger partial charge in [-0.05, 0) is 20.8 Å². The van der Waals surface area contributed by atoms with Gasteiger partial charge in [0.15, 0.2) is 0 Å². The molecule has 11 heteroatoms. The molecule has 0 amide bonds. The zero-order valence-electron chi connectivity index (χ0n) is 14.9. The smallest absolute Gasteiger partial charge is 0.316 e. The Morgan fingerprint density at radius 1 is 1.36 bits per heavy atom. The summed E-state index contributed by atoms with van der Waals surface area (Å²) in [5.41, 5.74) is 0. The Morgan fingerprint density at radius 2 is 2.12 bits per heavy atom. The third kappa shape index (κ3) is 5.55. The van der Waals surface area contributed by atoms with Gasteiger partial charge in [0.25, 0.3) is 5.95 Å². The number of nitrogens with one attached hydrogen (secondary N) is 1. The number of hydrogen-bond acceptors (Lipinski definition) is 10. The number of ether oxygens (including phenoxy) is 1. The summed E-state index contributed by atoms with van der Waals surface area (Å²) >= 11 is 1.19. The highest BCUT2D eigenvalue weighted by molar-refractivity contribution is 7.99. The average molecular weight is 366 g/mol. The largest absolute Gasteiger partial charge is 0.465 e. The standard InChI is InChI=1S/C14H22N8O2S/c1-6-24-10(23)7-25-14-15-8-22(20-14)13-18-11(16-9(2)3)17-12(19-13)21(4)5/h8-9H,6-7H2,1-5H3,(H,16,17,18,19). The predicted octanol–water partition coefficient (Wildman–Crippen LogP) is 0.994. The Labute approximate surface area is 150 Å². The van der Waals surface area contributed by atoms with Gasteiger partial charge in [0.05, 0.1) is 12.4 Å². The maximum atomic E-state index is 11.4. The number of rotatable bonds is 8. The van der Waals surface area contributed by atoms with Crippen molar-refractivity contribution in [3.63, 3.8) is 0 Å². The Balaban J connectivity index is 2.20. The lowest BCUT2D eigenvalue weighted by atomic mass is 10.4. The lowest BCUT2D eigenvalue weighted by Crippen LogP contribution is -2.19. The molecule has 136 valence electrons. The van der Waals surface area contributed by atoms with Crippen molar-refractivity contribution in [1.29, 1.82) is 0 Å². The minimum absolute atomic E-state index is 0.151. The maximum Gasteiger partial charge on any atom is 0.316 e. The lowest BCUT2D eigenvalue weighted by molar-refractivity contribution is -0.139. The molecule has 0 radical (unpaired) electrons. The third-order valence-electron chi connectivity index (χ3n) is 2.73. The monoisotopic (exact) mass is 366 g/mol. The van der Waals surface area contributed by atoms with Gasteiger partial charge in [0.2, 0.25) is 17.1 Å². The predicted molar refractivity (Wildman–Crippen MR) is 95.2 cm³/mol. The van der Waals surface area contributed by atoms with Crippen molar-refractivity contribution in [2.75, 3.05) is 36.7 Å². The second kappa shape index (κ2) is 8.60. The number of carbonyl (C=O) groups is 1. The van der Waals surface area contributed by atoms with E-state index in [1.54, 1.807) is 11.8 Å². The van der Waals surface area contributed by atoms with Gasteiger partial charge in [-0.25, -0.2) is 4.98 Å². The summed E-state index contributed by atoms with van der Waals surface area (Å²) in [6.45, 7) is 6.11. The fourth-order valence-electron chi connectivity index (χ4n) is 1.72. The second-order valence-corrected chi connectivity index (χ2v) is 6.46. The summed E-state index contributed by atoms with van der Waals surface area (Å²) in [7, 11) is 3.69. The first-order chi connectivity index (χ1) is 11.9. The highest BCUT2D eigenvalue weighted by atomic mass is 32.2. The molecule has 0 aliphatic heterocycles. The van der Waals surface area contributed by atoms with Crippen molar-refractivity contribution in [3.05, 3.63) is 6.33 Å². The number of nitrogens with zero attached hydrogens (tertiary/aromatic N) is 7. The quantitative estimate of drug-likeness (QED) is 0.536. The van der Waals surface area contributed by atoms with Crippen LogP contribution in [0.3, 0.4) is 0 Å². The van der Waals surface area contributed by atoms with Crippen molar-refractivity contribution in [3.8, 4) is 5.95 Å². The van der Waals surface area contributed by atoms with E-state index in [1.165, 1.54) is 22.8 Å². The Bertz CT molecular complexity index is 719. The highest BCUT2D eigenvalue weighted by Crippen LogP contribution is 2.15. The first kappa shape index (κ1) is 18.9. The molecule has 25 heavy (non-hydrogen) atoms. The van der Waals surface area contributed by atoms with Crippen LogP contribution in [0, 0.1) is 0 Å².